The molecule has 1 aliphatic rings. The van der Waals surface area contributed by atoms with E-state index in [4.69, 9.17) is 13.9 Å². The first-order valence-corrected chi connectivity index (χ1v) is 14.2. The van der Waals surface area contributed by atoms with Crippen molar-refractivity contribution in [3.05, 3.63) is 97.8 Å². The van der Waals surface area contributed by atoms with Crippen LogP contribution >= 0.6 is 15.9 Å². The quantitative estimate of drug-likeness (QED) is 0.200. The van der Waals surface area contributed by atoms with Crippen LogP contribution in [0.2, 0.25) is 0 Å². The van der Waals surface area contributed by atoms with Crippen molar-refractivity contribution in [3.8, 4) is 11.5 Å². The molecule has 2 heterocycles. The van der Waals surface area contributed by atoms with Crippen LogP contribution in [0, 0.1) is 5.92 Å². The first-order chi connectivity index (χ1) is 18.8. The molecule has 5 rings (SSSR count). The molecule has 6 nitrogen and oxygen atoms in total. The van der Waals surface area contributed by atoms with Crippen LogP contribution in [0.25, 0.3) is 11.0 Å². The van der Waals surface area contributed by atoms with Crippen molar-refractivity contribution < 1.29 is 18.7 Å². The summed E-state index contributed by atoms with van der Waals surface area (Å²) < 4.78 is 18.9. The minimum absolute atomic E-state index is 0.0645. The van der Waals surface area contributed by atoms with Crippen molar-refractivity contribution in [1.29, 1.82) is 0 Å². The van der Waals surface area contributed by atoms with E-state index in [1.165, 1.54) is 0 Å². The van der Waals surface area contributed by atoms with Crippen LogP contribution in [0.3, 0.4) is 0 Å². The molecule has 1 aromatic heterocycles. The van der Waals surface area contributed by atoms with E-state index in [1.54, 1.807) is 23.1 Å². The first-order valence-electron chi connectivity index (χ1n) is 13.4. The Morgan fingerprint density at radius 2 is 1.72 bits per heavy atom. The van der Waals surface area contributed by atoms with E-state index in [-0.39, 0.29) is 17.1 Å². The fraction of sp³-hybridized carbons (Fsp3) is 0.312. The molecule has 0 bridgehead atoms. The molecule has 0 saturated heterocycles. The summed E-state index contributed by atoms with van der Waals surface area (Å²) in [6.45, 7) is 9.33. The number of halogens is 1. The summed E-state index contributed by atoms with van der Waals surface area (Å²) in [5, 5.41) is 0.419. The zero-order valence-corrected chi connectivity index (χ0v) is 24.2. The van der Waals surface area contributed by atoms with E-state index >= 15 is 0 Å². The number of anilines is 1. The van der Waals surface area contributed by atoms with Gasteiger partial charge in [0.2, 0.25) is 5.76 Å². The van der Waals surface area contributed by atoms with Crippen LogP contribution < -0.4 is 19.8 Å². The minimum atomic E-state index is -0.691. The Labute approximate surface area is 236 Å². The highest BCUT2D eigenvalue weighted by atomic mass is 79.9. The summed E-state index contributed by atoms with van der Waals surface area (Å²) in [7, 11) is 0. The fourth-order valence-electron chi connectivity index (χ4n) is 4.91. The Bertz CT molecular complexity index is 1570. The molecule has 0 fully saturated rings. The van der Waals surface area contributed by atoms with Gasteiger partial charge in [0.1, 0.15) is 5.58 Å². The van der Waals surface area contributed by atoms with E-state index < -0.39 is 6.04 Å². The predicted octanol–water partition coefficient (Wildman–Crippen LogP) is 7.69. The van der Waals surface area contributed by atoms with Gasteiger partial charge in [-0.15, -0.1) is 0 Å². The van der Waals surface area contributed by atoms with Crippen molar-refractivity contribution in [3.63, 3.8) is 0 Å². The Hall–Kier alpha value is -3.58. The second-order valence-electron chi connectivity index (χ2n) is 10.1. The third kappa shape index (κ3) is 5.20. The Kier molecular flexibility index (Phi) is 7.80. The molecule has 39 heavy (non-hydrogen) atoms. The zero-order chi connectivity index (χ0) is 27.7. The number of aryl methyl sites for hydroxylation is 1. The van der Waals surface area contributed by atoms with Crippen LogP contribution in [-0.4, -0.2) is 19.1 Å². The molecule has 0 radical (unpaired) electrons. The van der Waals surface area contributed by atoms with Gasteiger partial charge in [0.25, 0.3) is 5.91 Å². The second-order valence-corrected chi connectivity index (χ2v) is 11.0. The molecule has 0 saturated carbocycles. The lowest BCUT2D eigenvalue weighted by atomic mass is 9.97. The number of carbonyl (C=O) groups is 1. The molecule has 7 heteroatoms. The Morgan fingerprint density at radius 1 is 0.949 bits per heavy atom. The highest BCUT2D eigenvalue weighted by Gasteiger charge is 2.44. The van der Waals surface area contributed by atoms with Gasteiger partial charge < -0.3 is 13.9 Å². The van der Waals surface area contributed by atoms with Gasteiger partial charge in [-0.2, -0.15) is 0 Å². The van der Waals surface area contributed by atoms with Crippen LogP contribution in [0.1, 0.15) is 67.4 Å². The van der Waals surface area contributed by atoms with Gasteiger partial charge in [-0.1, -0.05) is 54.9 Å². The van der Waals surface area contributed by atoms with E-state index in [9.17, 15) is 9.59 Å². The van der Waals surface area contributed by atoms with E-state index in [0.717, 1.165) is 28.4 Å². The van der Waals surface area contributed by atoms with Crippen molar-refractivity contribution in [2.24, 2.45) is 5.92 Å². The molecule has 1 unspecified atom stereocenters. The third-order valence-corrected chi connectivity index (χ3v) is 7.48. The summed E-state index contributed by atoms with van der Waals surface area (Å²) >= 11 is 3.46. The van der Waals surface area contributed by atoms with E-state index in [2.05, 4.69) is 36.7 Å². The number of ether oxygens (including phenoxy) is 2. The maximum atomic E-state index is 13.9. The molecule has 4 aromatic rings. The van der Waals surface area contributed by atoms with Crippen LogP contribution in [0.5, 0.6) is 11.5 Å². The number of amides is 1. The maximum Gasteiger partial charge on any atom is 0.295 e. The Morgan fingerprint density at radius 3 is 2.41 bits per heavy atom. The molecule has 0 spiro atoms. The van der Waals surface area contributed by atoms with Gasteiger partial charge in [0, 0.05) is 10.2 Å². The largest absolute Gasteiger partial charge is 0.490 e. The van der Waals surface area contributed by atoms with Gasteiger partial charge in [-0.3, -0.25) is 14.5 Å². The molecule has 202 valence electrons. The lowest BCUT2D eigenvalue weighted by molar-refractivity contribution is 0.0971. The number of fused-ring (bicyclic) bond motifs is 2. The van der Waals surface area contributed by atoms with Crippen molar-refractivity contribution >= 4 is 38.5 Å². The average molecular weight is 591 g/mol. The summed E-state index contributed by atoms with van der Waals surface area (Å²) in [6, 6.07) is 18.0. The van der Waals surface area contributed by atoms with E-state index in [1.807, 2.05) is 49.4 Å². The average Bonchev–Trinajstić information content (AvgIpc) is 3.22. The van der Waals surface area contributed by atoms with Crippen LogP contribution in [-0.2, 0) is 6.42 Å². The van der Waals surface area contributed by atoms with Gasteiger partial charge in [0.15, 0.2) is 16.9 Å². The van der Waals surface area contributed by atoms with Crippen molar-refractivity contribution in [1.82, 2.24) is 0 Å². The summed E-state index contributed by atoms with van der Waals surface area (Å²) in [4.78, 5) is 29.5. The topological polar surface area (TPSA) is 69.0 Å². The highest BCUT2D eigenvalue weighted by Crippen LogP contribution is 2.43. The van der Waals surface area contributed by atoms with E-state index in [0.29, 0.717) is 52.9 Å². The second kappa shape index (κ2) is 11.3. The molecular weight excluding hydrogens is 558 g/mol. The number of carbonyl (C=O) groups excluding carboxylic acids is 1. The molecule has 1 aliphatic heterocycles. The standard InChI is InChI=1S/C32H32BrNO5/c1-5-20-7-11-23(12-8-20)34-29(21-9-13-26(27(17-21)37-6-2)38-16-15-19(3)4)28-30(35)24-18-22(33)10-14-25(24)39-31(28)32(34)36/h7-14,17-19,29H,5-6,15-16H2,1-4H3. The molecular formula is C32H32BrNO5. The number of rotatable bonds is 9. The summed E-state index contributed by atoms with van der Waals surface area (Å²) in [5.41, 5.74) is 3.05. The van der Waals surface area contributed by atoms with Gasteiger partial charge >= 0.3 is 0 Å². The molecule has 0 aliphatic carbocycles. The number of nitrogens with zero attached hydrogens (tertiary/aromatic N) is 1. The smallest absolute Gasteiger partial charge is 0.295 e. The molecule has 0 N–H and O–H groups in total. The normalized spacial score (nSPS) is 14.8. The predicted molar refractivity (Wildman–Crippen MR) is 157 cm³/mol. The van der Waals surface area contributed by atoms with Crippen LogP contribution in [0.15, 0.2) is 74.3 Å². The summed E-state index contributed by atoms with van der Waals surface area (Å²) in [5.74, 6) is 1.45. The SMILES string of the molecule is CCOc1cc(C2c3c(oc4ccc(Br)cc4c3=O)C(=O)N2c2ccc(CC)cc2)ccc1OCCC(C)C. The highest BCUT2D eigenvalue weighted by molar-refractivity contribution is 9.10. The maximum absolute atomic E-state index is 13.9. The lowest BCUT2D eigenvalue weighted by Gasteiger charge is -2.26. The molecule has 1 atom stereocenters. The number of hydrogen-bond donors (Lipinski definition) is 0. The molecule has 1 amide bonds. The first kappa shape index (κ1) is 27.0. The third-order valence-electron chi connectivity index (χ3n) is 6.99. The van der Waals surface area contributed by atoms with Gasteiger partial charge in [0.05, 0.1) is 30.2 Å². The minimum Gasteiger partial charge on any atom is -0.490 e. The fourth-order valence-corrected chi connectivity index (χ4v) is 5.27. The van der Waals surface area contributed by atoms with Gasteiger partial charge in [-0.05, 0) is 79.3 Å². The van der Waals surface area contributed by atoms with Crippen molar-refractivity contribution in [2.75, 3.05) is 18.1 Å². The summed E-state index contributed by atoms with van der Waals surface area (Å²) in [6.07, 6.45) is 1.80. The Balaban J connectivity index is 1.68. The van der Waals surface area contributed by atoms with Crippen molar-refractivity contribution in [2.45, 2.75) is 46.6 Å². The zero-order valence-electron chi connectivity index (χ0n) is 22.6. The number of hydrogen-bond acceptors (Lipinski definition) is 5. The lowest BCUT2D eigenvalue weighted by Crippen LogP contribution is -2.29. The monoisotopic (exact) mass is 589 g/mol. The van der Waals surface area contributed by atoms with Crippen LogP contribution in [0.4, 0.5) is 5.69 Å². The molecule has 3 aromatic carbocycles. The van der Waals surface area contributed by atoms with Gasteiger partial charge in [-0.25, -0.2) is 0 Å². The number of benzene rings is 3.